The van der Waals surface area contributed by atoms with E-state index in [2.05, 4.69) is 4.98 Å². The van der Waals surface area contributed by atoms with Crippen molar-refractivity contribution in [3.8, 4) is 5.75 Å². The minimum absolute atomic E-state index is 0.0102. The lowest BCUT2D eigenvalue weighted by Crippen LogP contribution is -2.49. The zero-order valence-electron chi connectivity index (χ0n) is 14.4. The van der Waals surface area contributed by atoms with E-state index in [0.29, 0.717) is 5.76 Å². The van der Waals surface area contributed by atoms with Gasteiger partial charge >= 0.3 is 0 Å². The Morgan fingerprint density at radius 2 is 1.81 bits per heavy atom. The van der Waals surface area contributed by atoms with Crippen LogP contribution in [0.15, 0.2) is 59.3 Å². The second-order valence-corrected chi connectivity index (χ2v) is 7.14. The molecule has 26 heavy (non-hydrogen) atoms. The summed E-state index contributed by atoms with van der Waals surface area (Å²) in [4.78, 5) is 19.1. The molecular formula is C21H20N2O3. The summed E-state index contributed by atoms with van der Waals surface area (Å²) in [6.07, 6.45) is 7.43. The number of pyridine rings is 1. The average Bonchev–Trinajstić information content (AvgIpc) is 3.21. The van der Waals surface area contributed by atoms with E-state index >= 15 is 0 Å². The highest BCUT2D eigenvalue weighted by Crippen LogP contribution is 2.38. The molecule has 2 aliphatic heterocycles. The first-order valence-corrected chi connectivity index (χ1v) is 9.16. The van der Waals surface area contributed by atoms with Gasteiger partial charge in [-0.2, -0.15) is 0 Å². The standard InChI is InChI=1S/C21H20N2O3/c24-21(20-11-14-3-1-2-4-19(14)26-20)23-15-5-6-16(23)13-18(12-15)25-17-7-9-22-10-8-17/h1-4,7-11,15-16,18H,5-6,12-13H2. The lowest BCUT2D eigenvalue weighted by Gasteiger charge is -2.38. The molecule has 2 fully saturated rings. The predicted octanol–water partition coefficient (Wildman–Crippen LogP) is 4.04. The summed E-state index contributed by atoms with van der Waals surface area (Å²) in [5.74, 6) is 1.30. The van der Waals surface area contributed by atoms with Gasteiger partial charge in [-0.25, -0.2) is 0 Å². The summed E-state index contributed by atoms with van der Waals surface area (Å²) in [7, 11) is 0. The predicted molar refractivity (Wildman–Crippen MR) is 97.1 cm³/mol. The maximum absolute atomic E-state index is 13.1. The summed E-state index contributed by atoms with van der Waals surface area (Å²) in [6.45, 7) is 0. The van der Waals surface area contributed by atoms with E-state index in [1.807, 2.05) is 47.4 Å². The number of aromatic nitrogens is 1. The van der Waals surface area contributed by atoms with E-state index in [-0.39, 0.29) is 24.1 Å². The SMILES string of the molecule is O=C(c1cc2ccccc2o1)N1C2CCC1CC(Oc1ccncc1)C2. The van der Waals surface area contributed by atoms with Crippen LogP contribution >= 0.6 is 0 Å². The molecule has 5 nitrogen and oxygen atoms in total. The van der Waals surface area contributed by atoms with Crippen LogP contribution in [0.4, 0.5) is 0 Å². The van der Waals surface area contributed by atoms with Gasteiger partial charge in [0, 0.05) is 42.7 Å². The smallest absolute Gasteiger partial charge is 0.290 e. The molecule has 0 aliphatic carbocycles. The van der Waals surface area contributed by atoms with Crippen molar-refractivity contribution in [3.63, 3.8) is 0 Å². The van der Waals surface area contributed by atoms with Crippen LogP contribution in [0.1, 0.15) is 36.2 Å². The zero-order chi connectivity index (χ0) is 17.5. The monoisotopic (exact) mass is 348 g/mol. The molecule has 0 N–H and O–H groups in total. The third kappa shape index (κ3) is 2.64. The quantitative estimate of drug-likeness (QED) is 0.717. The molecule has 2 aliphatic rings. The molecule has 0 spiro atoms. The fraction of sp³-hybridized carbons (Fsp3) is 0.333. The Bertz CT molecular complexity index is 890. The highest BCUT2D eigenvalue weighted by Gasteiger charge is 2.45. The van der Waals surface area contributed by atoms with E-state index in [4.69, 9.17) is 9.15 Å². The normalized spacial score (nSPS) is 24.8. The van der Waals surface area contributed by atoms with Crippen molar-refractivity contribution < 1.29 is 13.9 Å². The number of piperidine rings is 1. The minimum atomic E-state index is 0.0102. The largest absolute Gasteiger partial charge is 0.490 e. The van der Waals surface area contributed by atoms with Gasteiger partial charge in [-0.1, -0.05) is 18.2 Å². The van der Waals surface area contributed by atoms with Crippen molar-refractivity contribution in [2.24, 2.45) is 0 Å². The summed E-state index contributed by atoms with van der Waals surface area (Å²) in [6, 6.07) is 13.8. The van der Waals surface area contributed by atoms with Crippen LogP contribution in [0.25, 0.3) is 11.0 Å². The maximum Gasteiger partial charge on any atom is 0.290 e. The summed E-state index contributed by atoms with van der Waals surface area (Å²) >= 11 is 0. The molecule has 2 saturated heterocycles. The Kier molecular flexibility index (Phi) is 3.66. The molecule has 2 aromatic heterocycles. The molecule has 5 heteroatoms. The summed E-state index contributed by atoms with van der Waals surface area (Å²) < 4.78 is 11.9. The van der Waals surface area contributed by atoms with Crippen LogP contribution < -0.4 is 4.74 Å². The van der Waals surface area contributed by atoms with E-state index in [1.165, 1.54) is 0 Å². The van der Waals surface area contributed by atoms with Crippen molar-refractivity contribution in [1.29, 1.82) is 0 Å². The van der Waals surface area contributed by atoms with Crippen molar-refractivity contribution in [2.75, 3.05) is 0 Å². The van der Waals surface area contributed by atoms with Crippen LogP contribution in [0.3, 0.4) is 0 Å². The van der Waals surface area contributed by atoms with Gasteiger partial charge in [0.05, 0.1) is 0 Å². The van der Waals surface area contributed by atoms with Crippen molar-refractivity contribution >= 4 is 16.9 Å². The van der Waals surface area contributed by atoms with Gasteiger partial charge < -0.3 is 14.1 Å². The molecule has 132 valence electrons. The number of amides is 1. The fourth-order valence-corrected chi connectivity index (χ4v) is 4.38. The molecule has 2 bridgehead atoms. The molecule has 1 aromatic carbocycles. The average molecular weight is 348 g/mol. The number of hydrogen-bond donors (Lipinski definition) is 0. The summed E-state index contributed by atoms with van der Waals surface area (Å²) in [5.41, 5.74) is 0.763. The van der Waals surface area contributed by atoms with Gasteiger partial charge in [-0.05, 0) is 37.1 Å². The van der Waals surface area contributed by atoms with Crippen LogP contribution in [-0.2, 0) is 0 Å². The van der Waals surface area contributed by atoms with Crippen molar-refractivity contribution in [2.45, 2.75) is 43.9 Å². The van der Waals surface area contributed by atoms with E-state index in [0.717, 1.165) is 42.4 Å². The Hall–Kier alpha value is -2.82. The molecule has 3 aromatic rings. The highest BCUT2D eigenvalue weighted by molar-refractivity contribution is 5.96. The van der Waals surface area contributed by atoms with Crippen LogP contribution in [0, 0.1) is 0 Å². The fourth-order valence-electron chi connectivity index (χ4n) is 4.38. The molecule has 5 rings (SSSR count). The molecular weight excluding hydrogens is 328 g/mol. The number of fused-ring (bicyclic) bond motifs is 3. The number of hydrogen-bond acceptors (Lipinski definition) is 4. The van der Waals surface area contributed by atoms with Gasteiger partial charge in [0.15, 0.2) is 5.76 Å². The second-order valence-electron chi connectivity index (χ2n) is 7.14. The number of para-hydroxylation sites is 1. The lowest BCUT2D eigenvalue weighted by atomic mass is 9.99. The van der Waals surface area contributed by atoms with Crippen LogP contribution in [-0.4, -0.2) is 34.0 Å². The maximum atomic E-state index is 13.1. The Balaban J connectivity index is 1.34. The van der Waals surface area contributed by atoms with Gasteiger partial charge in [0.2, 0.25) is 0 Å². The van der Waals surface area contributed by atoms with Crippen molar-refractivity contribution in [1.82, 2.24) is 9.88 Å². The first kappa shape index (κ1) is 15.4. The Morgan fingerprint density at radius 1 is 1.08 bits per heavy atom. The molecule has 2 atom stereocenters. The van der Waals surface area contributed by atoms with E-state index in [1.54, 1.807) is 12.4 Å². The van der Waals surface area contributed by atoms with Gasteiger partial charge in [0.25, 0.3) is 5.91 Å². The van der Waals surface area contributed by atoms with Gasteiger partial charge in [-0.3, -0.25) is 9.78 Å². The van der Waals surface area contributed by atoms with Crippen LogP contribution in [0.2, 0.25) is 0 Å². The third-order valence-corrected chi connectivity index (χ3v) is 5.51. The number of rotatable bonds is 3. The third-order valence-electron chi connectivity index (χ3n) is 5.51. The highest BCUT2D eigenvalue weighted by atomic mass is 16.5. The van der Waals surface area contributed by atoms with Crippen LogP contribution in [0.5, 0.6) is 5.75 Å². The number of nitrogens with zero attached hydrogens (tertiary/aromatic N) is 2. The molecule has 0 saturated carbocycles. The van der Waals surface area contributed by atoms with Crippen molar-refractivity contribution in [3.05, 3.63) is 60.6 Å². The summed E-state index contributed by atoms with van der Waals surface area (Å²) in [5, 5.41) is 0.971. The van der Waals surface area contributed by atoms with Gasteiger partial charge in [0.1, 0.15) is 17.4 Å². The number of carbonyl (C=O) groups is 1. The first-order chi connectivity index (χ1) is 12.8. The Morgan fingerprint density at radius 3 is 2.54 bits per heavy atom. The number of carbonyl (C=O) groups excluding carboxylic acids is 1. The molecule has 1 amide bonds. The first-order valence-electron chi connectivity index (χ1n) is 9.16. The molecule has 2 unspecified atom stereocenters. The lowest BCUT2D eigenvalue weighted by molar-refractivity contribution is 0.0335. The second kappa shape index (κ2) is 6.16. The molecule has 0 radical (unpaired) electrons. The number of ether oxygens (including phenoxy) is 1. The minimum Gasteiger partial charge on any atom is -0.490 e. The molecule has 4 heterocycles. The number of furan rings is 1. The van der Waals surface area contributed by atoms with E-state index in [9.17, 15) is 4.79 Å². The Labute approximate surface area is 151 Å². The number of benzene rings is 1. The van der Waals surface area contributed by atoms with E-state index < -0.39 is 0 Å². The topological polar surface area (TPSA) is 55.6 Å². The zero-order valence-corrected chi connectivity index (χ0v) is 14.4. The van der Waals surface area contributed by atoms with Gasteiger partial charge in [-0.15, -0.1) is 0 Å².